The average molecular weight is 328 g/mol. The van der Waals surface area contributed by atoms with Gasteiger partial charge in [0.25, 0.3) is 0 Å². The zero-order valence-electron chi connectivity index (χ0n) is 13.1. The van der Waals surface area contributed by atoms with Gasteiger partial charge < -0.3 is 14.2 Å². The highest BCUT2D eigenvalue weighted by Gasteiger charge is 2.16. The van der Waals surface area contributed by atoms with Crippen LogP contribution in [0.1, 0.15) is 22.8 Å². The summed E-state index contributed by atoms with van der Waals surface area (Å²) in [6.07, 6.45) is 0. The standard InChI is InChI=1S/C18H16O6/c1-13(19)24-16-10-6-5-9-15(16)18(21)23-12-17(20)22-11-14-7-3-2-4-8-14/h2-10H,11-12H2,1H3. The summed E-state index contributed by atoms with van der Waals surface area (Å²) < 4.78 is 14.8. The molecular weight excluding hydrogens is 312 g/mol. The summed E-state index contributed by atoms with van der Waals surface area (Å²) >= 11 is 0. The molecule has 0 atom stereocenters. The average Bonchev–Trinajstić information content (AvgIpc) is 2.58. The molecule has 0 aliphatic carbocycles. The van der Waals surface area contributed by atoms with Gasteiger partial charge in [0.05, 0.1) is 0 Å². The van der Waals surface area contributed by atoms with Crippen LogP contribution in [0.5, 0.6) is 5.75 Å². The van der Waals surface area contributed by atoms with E-state index in [1.807, 2.05) is 30.3 Å². The molecule has 24 heavy (non-hydrogen) atoms. The van der Waals surface area contributed by atoms with Crippen molar-refractivity contribution < 1.29 is 28.6 Å². The molecule has 0 aromatic heterocycles. The third kappa shape index (κ3) is 5.24. The summed E-state index contributed by atoms with van der Waals surface area (Å²) in [7, 11) is 0. The first-order chi connectivity index (χ1) is 11.6. The van der Waals surface area contributed by atoms with Crippen LogP contribution >= 0.6 is 0 Å². The molecule has 6 nitrogen and oxygen atoms in total. The number of benzene rings is 2. The van der Waals surface area contributed by atoms with E-state index in [1.54, 1.807) is 12.1 Å². The van der Waals surface area contributed by atoms with Crippen molar-refractivity contribution in [1.82, 2.24) is 0 Å². The normalized spacial score (nSPS) is 9.88. The quantitative estimate of drug-likeness (QED) is 0.599. The number of ether oxygens (including phenoxy) is 3. The van der Waals surface area contributed by atoms with Crippen LogP contribution in [0.15, 0.2) is 54.6 Å². The predicted octanol–water partition coefficient (Wildman–Crippen LogP) is 2.51. The van der Waals surface area contributed by atoms with Crippen molar-refractivity contribution in [2.45, 2.75) is 13.5 Å². The van der Waals surface area contributed by atoms with Crippen LogP contribution in [-0.4, -0.2) is 24.5 Å². The third-order valence-electron chi connectivity index (χ3n) is 2.92. The number of esters is 3. The molecule has 124 valence electrons. The summed E-state index contributed by atoms with van der Waals surface area (Å²) in [5, 5.41) is 0. The maximum atomic E-state index is 12.0. The lowest BCUT2D eigenvalue weighted by atomic mass is 10.2. The van der Waals surface area contributed by atoms with Gasteiger partial charge in [0.1, 0.15) is 17.9 Å². The van der Waals surface area contributed by atoms with Crippen LogP contribution in [-0.2, 0) is 25.7 Å². The van der Waals surface area contributed by atoms with Crippen LogP contribution in [0.25, 0.3) is 0 Å². The van der Waals surface area contributed by atoms with Gasteiger partial charge in [-0.2, -0.15) is 0 Å². The SMILES string of the molecule is CC(=O)Oc1ccccc1C(=O)OCC(=O)OCc1ccccc1. The lowest BCUT2D eigenvalue weighted by molar-refractivity contribution is -0.148. The Morgan fingerprint density at radius 3 is 2.25 bits per heavy atom. The van der Waals surface area contributed by atoms with Crippen molar-refractivity contribution in [3.05, 3.63) is 65.7 Å². The molecule has 0 saturated carbocycles. The Morgan fingerprint density at radius 2 is 1.54 bits per heavy atom. The van der Waals surface area contributed by atoms with Crippen LogP contribution in [0, 0.1) is 0 Å². The molecule has 0 unspecified atom stereocenters. The fourth-order valence-electron chi connectivity index (χ4n) is 1.86. The van der Waals surface area contributed by atoms with E-state index in [2.05, 4.69) is 0 Å². The van der Waals surface area contributed by atoms with Gasteiger partial charge in [0.2, 0.25) is 0 Å². The van der Waals surface area contributed by atoms with Crippen LogP contribution in [0.3, 0.4) is 0 Å². The third-order valence-corrected chi connectivity index (χ3v) is 2.92. The van der Waals surface area contributed by atoms with Crippen molar-refractivity contribution >= 4 is 17.9 Å². The molecule has 6 heteroatoms. The van der Waals surface area contributed by atoms with Gasteiger partial charge in [0, 0.05) is 6.92 Å². The highest BCUT2D eigenvalue weighted by molar-refractivity contribution is 5.94. The number of hydrogen-bond acceptors (Lipinski definition) is 6. The minimum atomic E-state index is -0.775. The van der Waals surface area contributed by atoms with E-state index < -0.39 is 24.5 Å². The largest absolute Gasteiger partial charge is 0.458 e. The summed E-state index contributed by atoms with van der Waals surface area (Å²) in [5.74, 6) is -1.93. The first-order valence-electron chi connectivity index (χ1n) is 7.20. The van der Waals surface area contributed by atoms with E-state index in [1.165, 1.54) is 19.1 Å². The molecule has 0 heterocycles. The minimum absolute atomic E-state index is 0.0589. The van der Waals surface area contributed by atoms with Gasteiger partial charge in [0.15, 0.2) is 6.61 Å². The van der Waals surface area contributed by atoms with Crippen molar-refractivity contribution in [1.29, 1.82) is 0 Å². The van der Waals surface area contributed by atoms with Crippen molar-refractivity contribution in [3.63, 3.8) is 0 Å². The zero-order valence-corrected chi connectivity index (χ0v) is 13.1. The van der Waals surface area contributed by atoms with Gasteiger partial charge in [-0.05, 0) is 17.7 Å². The zero-order chi connectivity index (χ0) is 17.4. The second-order valence-corrected chi connectivity index (χ2v) is 4.81. The lowest BCUT2D eigenvalue weighted by Gasteiger charge is -2.09. The van der Waals surface area contributed by atoms with E-state index in [4.69, 9.17) is 14.2 Å². The Kier molecular flexibility index (Phi) is 6.08. The monoisotopic (exact) mass is 328 g/mol. The predicted molar refractivity (Wildman–Crippen MR) is 84.3 cm³/mol. The first-order valence-corrected chi connectivity index (χ1v) is 7.20. The van der Waals surface area contributed by atoms with E-state index in [0.29, 0.717) is 0 Å². The molecule has 0 bridgehead atoms. The Labute approximate surface area is 139 Å². The molecule has 2 aromatic rings. The lowest BCUT2D eigenvalue weighted by Crippen LogP contribution is -2.17. The summed E-state index contributed by atoms with van der Waals surface area (Å²) in [4.78, 5) is 34.7. The first kappa shape index (κ1) is 17.2. The molecule has 2 rings (SSSR count). The molecule has 0 N–H and O–H groups in total. The van der Waals surface area contributed by atoms with Gasteiger partial charge in [-0.25, -0.2) is 9.59 Å². The second kappa shape index (κ2) is 8.47. The summed E-state index contributed by atoms with van der Waals surface area (Å²) in [5.41, 5.74) is 0.890. The Hall–Kier alpha value is -3.15. The highest BCUT2D eigenvalue weighted by Crippen LogP contribution is 2.19. The van der Waals surface area contributed by atoms with E-state index in [9.17, 15) is 14.4 Å². The molecule has 0 fully saturated rings. The minimum Gasteiger partial charge on any atom is -0.458 e. The number of para-hydroxylation sites is 1. The second-order valence-electron chi connectivity index (χ2n) is 4.81. The van der Waals surface area contributed by atoms with E-state index >= 15 is 0 Å². The molecule has 0 amide bonds. The number of rotatable bonds is 6. The van der Waals surface area contributed by atoms with Crippen molar-refractivity contribution in [3.8, 4) is 5.75 Å². The molecule has 0 radical (unpaired) electrons. The smallest absolute Gasteiger partial charge is 0.344 e. The Balaban J connectivity index is 1.86. The molecule has 0 saturated heterocycles. The summed E-state index contributed by atoms with van der Waals surface area (Å²) in [6, 6.07) is 15.3. The Morgan fingerprint density at radius 1 is 0.875 bits per heavy atom. The topological polar surface area (TPSA) is 78.9 Å². The van der Waals surface area contributed by atoms with Crippen molar-refractivity contribution in [2.24, 2.45) is 0 Å². The number of carbonyl (C=O) groups is 3. The van der Waals surface area contributed by atoms with Gasteiger partial charge in [-0.15, -0.1) is 0 Å². The van der Waals surface area contributed by atoms with E-state index in [-0.39, 0.29) is 17.9 Å². The van der Waals surface area contributed by atoms with Gasteiger partial charge >= 0.3 is 17.9 Å². The Bertz CT molecular complexity index is 723. The van der Waals surface area contributed by atoms with Crippen LogP contribution < -0.4 is 4.74 Å². The van der Waals surface area contributed by atoms with Crippen LogP contribution in [0.2, 0.25) is 0 Å². The highest BCUT2D eigenvalue weighted by atomic mass is 16.6. The van der Waals surface area contributed by atoms with Crippen molar-refractivity contribution in [2.75, 3.05) is 6.61 Å². The van der Waals surface area contributed by atoms with E-state index in [0.717, 1.165) is 5.56 Å². The molecule has 2 aromatic carbocycles. The number of carbonyl (C=O) groups excluding carboxylic acids is 3. The fraction of sp³-hybridized carbons (Fsp3) is 0.167. The summed E-state index contributed by atoms with van der Waals surface area (Å²) in [6.45, 7) is 0.796. The fourth-order valence-corrected chi connectivity index (χ4v) is 1.86. The molecule has 0 aliphatic rings. The molecular formula is C18H16O6. The van der Waals surface area contributed by atoms with Gasteiger partial charge in [-0.1, -0.05) is 42.5 Å². The van der Waals surface area contributed by atoms with Gasteiger partial charge in [-0.3, -0.25) is 4.79 Å². The molecule has 0 spiro atoms. The van der Waals surface area contributed by atoms with Crippen LogP contribution in [0.4, 0.5) is 0 Å². The maximum Gasteiger partial charge on any atom is 0.344 e. The molecule has 0 aliphatic heterocycles. The maximum absolute atomic E-state index is 12.0. The number of hydrogen-bond donors (Lipinski definition) is 0.